The quantitative estimate of drug-likeness (QED) is 0.589. The Bertz CT molecular complexity index is 351. The lowest BCUT2D eigenvalue weighted by molar-refractivity contribution is -0.117. The first kappa shape index (κ1) is 9.37. The highest BCUT2D eigenvalue weighted by molar-refractivity contribution is 9.10. The van der Waals surface area contributed by atoms with E-state index in [2.05, 4.69) is 31.9 Å². The summed E-state index contributed by atoms with van der Waals surface area (Å²) in [6.45, 7) is 0. The fraction of sp³-hybridized carbons (Fsp3) is 0.222. The maximum Gasteiger partial charge on any atom is 0.153 e. The third kappa shape index (κ3) is 1.58. The normalized spacial score (nSPS) is 25.7. The first-order chi connectivity index (χ1) is 6.22. The van der Waals surface area contributed by atoms with Gasteiger partial charge in [-0.05, 0) is 23.3 Å². The van der Waals surface area contributed by atoms with Crippen molar-refractivity contribution in [2.75, 3.05) is 0 Å². The number of halogens is 2. The van der Waals surface area contributed by atoms with Crippen LogP contribution in [-0.4, -0.2) is 6.29 Å². The summed E-state index contributed by atoms with van der Waals surface area (Å²) < 4.78 is 6.36. The van der Waals surface area contributed by atoms with E-state index in [1.165, 1.54) is 0 Å². The molecule has 0 bridgehead atoms. The van der Waals surface area contributed by atoms with Gasteiger partial charge in [0, 0.05) is 4.47 Å². The number of fused-ring (bicyclic) bond motifs is 1. The lowest BCUT2D eigenvalue weighted by Crippen LogP contribution is -1.95. The number of rotatable bonds is 1. The molecule has 0 aliphatic carbocycles. The number of carbonyl (C=O) groups excluding carboxylic acids is 1. The highest BCUT2D eigenvalue weighted by atomic mass is 79.9. The third-order valence-electron chi connectivity index (χ3n) is 1.99. The van der Waals surface area contributed by atoms with E-state index < -0.39 is 6.10 Å². The van der Waals surface area contributed by atoms with Crippen molar-refractivity contribution in [1.82, 2.24) is 0 Å². The number of hydrogen-bond donors (Lipinski definition) is 0. The molecule has 0 saturated carbocycles. The van der Waals surface area contributed by atoms with Crippen LogP contribution in [0.4, 0.5) is 0 Å². The molecule has 1 aromatic rings. The first-order valence-electron chi connectivity index (χ1n) is 3.76. The second kappa shape index (κ2) is 3.52. The van der Waals surface area contributed by atoms with Crippen molar-refractivity contribution in [2.45, 2.75) is 11.1 Å². The summed E-state index contributed by atoms with van der Waals surface area (Å²) in [5, 5.41) is -0.171. The molecule has 0 N–H and O–H groups in total. The second-order valence-electron chi connectivity index (χ2n) is 2.78. The predicted molar refractivity (Wildman–Crippen MR) is 55.7 cm³/mol. The van der Waals surface area contributed by atoms with E-state index >= 15 is 0 Å². The Morgan fingerprint density at radius 3 is 2.85 bits per heavy atom. The molecule has 0 fully saturated rings. The number of aldehydes is 1. The van der Waals surface area contributed by atoms with Crippen LogP contribution in [0.2, 0.25) is 0 Å². The molecule has 1 aromatic carbocycles. The molecule has 0 amide bonds. The molecule has 4 heteroatoms. The van der Waals surface area contributed by atoms with Gasteiger partial charge in [-0.2, -0.15) is 0 Å². The van der Waals surface area contributed by atoms with Crippen molar-refractivity contribution >= 4 is 38.1 Å². The topological polar surface area (TPSA) is 26.3 Å². The summed E-state index contributed by atoms with van der Waals surface area (Å²) >= 11 is 6.72. The van der Waals surface area contributed by atoms with E-state index in [0.717, 1.165) is 21.9 Å². The van der Waals surface area contributed by atoms with Gasteiger partial charge in [0.25, 0.3) is 0 Å². The van der Waals surface area contributed by atoms with Gasteiger partial charge in [-0.25, -0.2) is 0 Å². The Labute approximate surface area is 92.5 Å². The number of alkyl halides is 1. The summed E-state index contributed by atoms with van der Waals surface area (Å²) in [7, 11) is 0. The highest BCUT2D eigenvalue weighted by Gasteiger charge is 2.29. The maximum atomic E-state index is 10.6. The molecule has 0 saturated heterocycles. The van der Waals surface area contributed by atoms with Crippen LogP contribution < -0.4 is 0 Å². The Morgan fingerprint density at radius 2 is 2.15 bits per heavy atom. The van der Waals surface area contributed by atoms with Gasteiger partial charge >= 0.3 is 0 Å². The van der Waals surface area contributed by atoms with Crippen molar-refractivity contribution in [3.05, 3.63) is 33.8 Å². The van der Waals surface area contributed by atoms with Gasteiger partial charge in [-0.1, -0.05) is 37.9 Å². The third-order valence-corrected chi connectivity index (χ3v) is 3.19. The van der Waals surface area contributed by atoms with Gasteiger partial charge in [0.05, 0.1) is 0 Å². The monoisotopic (exact) mass is 304 g/mol. The highest BCUT2D eigenvalue weighted by Crippen LogP contribution is 2.42. The standard InChI is InChI=1S/C9H6Br2O2/c10-5-1-2-6-7(3-5)9(11)13-8(6)4-12/h1-4,8-9H. The number of ether oxygens (including phenoxy) is 1. The molecule has 2 nitrogen and oxygen atoms in total. The zero-order valence-corrected chi connectivity index (χ0v) is 9.71. The first-order valence-corrected chi connectivity index (χ1v) is 5.47. The lowest BCUT2D eigenvalue weighted by Gasteiger charge is -2.00. The van der Waals surface area contributed by atoms with E-state index in [1.807, 2.05) is 18.2 Å². The molecule has 68 valence electrons. The van der Waals surface area contributed by atoms with Crippen molar-refractivity contribution in [2.24, 2.45) is 0 Å². The second-order valence-corrected chi connectivity index (χ2v) is 4.53. The van der Waals surface area contributed by atoms with Gasteiger partial charge in [0.15, 0.2) is 6.29 Å². The molecule has 1 aliphatic heterocycles. The van der Waals surface area contributed by atoms with Crippen molar-refractivity contribution in [3.63, 3.8) is 0 Å². The van der Waals surface area contributed by atoms with Crippen molar-refractivity contribution in [1.29, 1.82) is 0 Å². The van der Waals surface area contributed by atoms with Crippen LogP contribution >= 0.6 is 31.9 Å². The average molecular weight is 306 g/mol. The zero-order valence-electron chi connectivity index (χ0n) is 6.54. The summed E-state index contributed by atoms with van der Waals surface area (Å²) in [4.78, 5) is 10.6. The molecule has 0 aromatic heterocycles. The van der Waals surface area contributed by atoms with Crippen molar-refractivity contribution in [3.8, 4) is 0 Å². The Morgan fingerprint density at radius 1 is 1.38 bits per heavy atom. The minimum absolute atomic E-state index is 0.171. The number of benzene rings is 1. The van der Waals surface area contributed by atoms with E-state index in [1.54, 1.807) is 0 Å². The molecule has 0 radical (unpaired) electrons. The molecule has 0 spiro atoms. The number of carbonyl (C=O) groups is 1. The minimum Gasteiger partial charge on any atom is -0.347 e. The fourth-order valence-electron chi connectivity index (χ4n) is 1.38. The Balaban J connectivity index is 2.51. The van der Waals surface area contributed by atoms with Crippen LogP contribution in [-0.2, 0) is 9.53 Å². The Kier molecular flexibility index (Phi) is 2.53. The van der Waals surface area contributed by atoms with E-state index in [9.17, 15) is 4.79 Å². The molecule has 1 heterocycles. The van der Waals surface area contributed by atoms with E-state index in [4.69, 9.17) is 4.74 Å². The minimum atomic E-state index is -0.424. The molecule has 2 unspecified atom stereocenters. The van der Waals surface area contributed by atoms with Gasteiger partial charge < -0.3 is 9.53 Å². The zero-order chi connectivity index (χ0) is 9.42. The van der Waals surface area contributed by atoms with Gasteiger partial charge in [0.2, 0.25) is 0 Å². The molecule has 2 atom stereocenters. The molecular formula is C9H6Br2O2. The maximum absolute atomic E-state index is 10.6. The van der Waals surface area contributed by atoms with Crippen LogP contribution in [0.25, 0.3) is 0 Å². The largest absolute Gasteiger partial charge is 0.347 e. The lowest BCUT2D eigenvalue weighted by atomic mass is 10.1. The smallest absolute Gasteiger partial charge is 0.153 e. The molecule has 2 rings (SSSR count). The summed E-state index contributed by atoms with van der Waals surface area (Å²) in [6.07, 6.45) is 0.390. The average Bonchev–Trinajstić information content (AvgIpc) is 2.43. The fourth-order valence-corrected chi connectivity index (χ4v) is 2.39. The molecule has 13 heavy (non-hydrogen) atoms. The molecule has 1 aliphatic rings. The van der Waals surface area contributed by atoms with Gasteiger partial charge in [-0.15, -0.1) is 0 Å². The van der Waals surface area contributed by atoms with Gasteiger partial charge in [-0.3, -0.25) is 0 Å². The van der Waals surface area contributed by atoms with Crippen LogP contribution in [0.15, 0.2) is 22.7 Å². The summed E-state index contributed by atoms with van der Waals surface area (Å²) in [5.74, 6) is 0. The molecular weight excluding hydrogens is 300 g/mol. The van der Waals surface area contributed by atoms with Gasteiger partial charge in [0.1, 0.15) is 11.1 Å². The van der Waals surface area contributed by atoms with Crippen LogP contribution in [0.1, 0.15) is 22.2 Å². The summed E-state index contributed by atoms with van der Waals surface area (Å²) in [6, 6.07) is 5.77. The van der Waals surface area contributed by atoms with Crippen LogP contribution in [0.5, 0.6) is 0 Å². The van der Waals surface area contributed by atoms with Crippen LogP contribution in [0.3, 0.4) is 0 Å². The summed E-state index contributed by atoms with van der Waals surface area (Å²) in [5.41, 5.74) is 1.96. The number of hydrogen-bond acceptors (Lipinski definition) is 2. The SMILES string of the molecule is O=CC1OC(Br)c2cc(Br)ccc21. The predicted octanol–water partition coefficient (Wildman–Crippen LogP) is 3.11. The van der Waals surface area contributed by atoms with E-state index in [-0.39, 0.29) is 5.01 Å². The van der Waals surface area contributed by atoms with E-state index in [0.29, 0.717) is 0 Å². The Hall–Kier alpha value is -0.190. The van der Waals surface area contributed by atoms with Crippen molar-refractivity contribution < 1.29 is 9.53 Å². The van der Waals surface area contributed by atoms with Crippen LogP contribution in [0, 0.1) is 0 Å².